The Morgan fingerprint density at radius 1 is 1.03 bits per heavy atom. The maximum atomic E-state index is 12.9. The highest BCUT2D eigenvalue weighted by Crippen LogP contribution is 2.31. The van der Waals surface area contributed by atoms with Crippen LogP contribution in [0.25, 0.3) is 0 Å². The van der Waals surface area contributed by atoms with Gasteiger partial charge in [-0.05, 0) is 42.8 Å². The highest BCUT2D eigenvalue weighted by molar-refractivity contribution is 7.89. The molecular formula is C20H21Cl2FN2O4S. The molecule has 3 rings (SSSR count). The van der Waals surface area contributed by atoms with E-state index in [1.807, 2.05) is 0 Å². The number of ether oxygens (including phenoxy) is 1. The summed E-state index contributed by atoms with van der Waals surface area (Å²) in [7, 11) is -3.79. The summed E-state index contributed by atoms with van der Waals surface area (Å²) in [5.74, 6) is 0.147. The number of hydrogen-bond acceptors (Lipinski definition) is 4. The number of nitrogens with zero attached hydrogens (tertiary/aromatic N) is 2. The minimum absolute atomic E-state index is 0.00109. The Labute approximate surface area is 185 Å². The molecule has 1 fully saturated rings. The third-order valence-corrected chi connectivity index (χ3v) is 7.61. The number of amides is 1. The van der Waals surface area contributed by atoms with Gasteiger partial charge in [0.05, 0.1) is 16.7 Å². The number of carbonyl (C=O) groups is 1. The second kappa shape index (κ2) is 9.96. The van der Waals surface area contributed by atoms with Crippen molar-refractivity contribution < 1.29 is 22.3 Å². The molecule has 0 bridgehead atoms. The Bertz CT molecular complexity index is 994. The molecule has 0 unspecified atom stereocenters. The third-order valence-electron chi connectivity index (χ3n) is 4.74. The van der Waals surface area contributed by atoms with Gasteiger partial charge in [-0.2, -0.15) is 4.31 Å². The van der Waals surface area contributed by atoms with E-state index >= 15 is 0 Å². The quantitative estimate of drug-likeness (QED) is 0.572. The summed E-state index contributed by atoms with van der Waals surface area (Å²) in [4.78, 5) is 14.0. The molecule has 0 N–H and O–H groups in total. The Morgan fingerprint density at radius 3 is 2.37 bits per heavy atom. The van der Waals surface area contributed by atoms with Gasteiger partial charge in [0.15, 0.2) is 0 Å². The van der Waals surface area contributed by atoms with Gasteiger partial charge in [-0.3, -0.25) is 4.79 Å². The molecule has 0 spiro atoms. The molecule has 6 nitrogen and oxygen atoms in total. The van der Waals surface area contributed by atoms with Crippen LogP contribution in [-0.2, 0) is 14.8 Å². The van der Waals surface area contributed by atoms with Crippen molar-refractivity contribution in [2.45, 2.75) is 17.7 Å². The largest absolute Gasteiger partial charge is 0.494 e. The van der Waals surface area contributed by atoms with E-state index in [-0.39, 0.29) is 46.2 Å². The summed E-state index contributed by atoms with van der Waals surface area (Å²) in [6.45, 7) is 1.30. The minimum atomic E-state index is -3.79. The molecule has 0 aromatic heterocycles. The van der Waals surface area contributed by atoms with E-state index in [0.29, 0.717) is 31.9 Å². The molecule has 0 aliphatic carbocycles. The van der Waals surface area contributed by atoms with Gasteiger partial charge in [-0.25, -0.2) is 12.8 Å². The van der Waals surface area contributed by atoms with Crippen LogP contribution in [0.15, 0.2) is 47.4 Å². The average molecular weight is 475 g/mol. The maximum absolute atomic E-state index is 12.9. The van der Waals surface area contributed by atoms with Crippen LogP contribution in [0.2, 0.25) is 10.0 Å². The lowest BCUT2D eigenvalue weighted by atomic mass is 10.2. The van der Waals surface area contributed by atoms with Crippen molar-refractivity contribution in [1.82, 2.24) is 9.21 Å². The van der Waals surface area contributed by atoms with Crippen LogP contribution in [0.4, 0.5) is 4.39 Å². The number of rotatable bonds is 7. The van der Waals surface area contributed by atoms with Crippen LogP contribution in [0.1, 0.15) is 12.8 Å². The summed E-state index contributed by atoms with van der Waals surface area (Å²) in [5.41, 5.74) is 0. The molecule has 1 heterocycles. The van der Waals surface area contributed by atoms with Gasteiger partial charge in [0.25, 0.3) is 0 Å². The standard InChI is InChI=1S/C20H21Cl2FN2O4S/c21-17-3-1-4-18(20(17)22)30(27,28)25-12-10-24(11-13-25)19(26)5-2-14-29-16-8-6-15(23)7-9-16/h1,3-4,6-9H,2,5,10-14H2. The maximum Gasteiger partial charge on any atom is 0.244 e. The van der Waals surface area contributed by atoms with Crippen LogP contribution >= 0.6 is 23.2 Å². The zero-order valence-electron chi connectivity index (χ0n) is 16.1. The number of hydrogen-bond donors (Lipinski definition) is 0. The van der Waals surface area contributed by atoms with Crippen molar-refractivity contribution >= 4 is 39.1 Å². The molecule has 2 aromatic carbocycles. The van der Waals surface area contributed by atoms with E-state index in [4.69, 9.17) is 27.9 Å². The first-order valence-electron chi connectivity index (χ1n) is 9.39. The van der Waals surface area contributed by atoms with E-state index in [0.717, 1.165) is 0 Å². The summed E-state index contributed by atoms with van der Waals surface area (Å²) in [6, 6.07) is 10.2. The topological polar surface area (TPSA) is 66.9 Å². The van der Waals surface area contributed by atoms with Gasteiger partial charge >= 0.3 is 0 Å². The summed E-state index contributed by atoms with van der Waals surface area (Å²) in [5, 5.41) is 0.174. The predicted molar refractivity (Wildman–Crippen MR) is 113 cm³/mol. The molecular weight excluding hydrogens is 454 g/mol. The molecule has 1 aliphatic rings. The number of carbonyl (C=O) groups excluding carboxylic acids is 1. The number of piperazine rings is 1. The van der Waals surface area contributed by atoms with Crippen LogP contribution in [0, 0.1) is 5.82 Å². The molecule has 1 amide bonds. The van der Waals surface area contributed by atoms with E-state index < -0.39 is 10.0 Å². The molecule has 162 valence electrons. The average Bonchev–Trinajstić information content (AvgIpc) is 2.74. The molecule has 0 atom stereocenters. The van der Waals surface area contributed by atoms with Crippen molar-refractivity contribution in [3.8, 4) is 5.75 Å². The van der Waals surface area contributed by atoms with Crippen molar-refractivity contribution in [1.29, 1.82) is 0 Å². The van der Waals surface area contributed by atoms with E-state index in [1.54, 1.807) is 4.90 Å². The van der Waals surface area contributed by atoms with Crippen LogP contribution < -0.4 is 4.74 Å². The predicted octanol–water partition coefficient (Wildman–Crippen LogP) is 3.82. The molecule has 10 heteroatoms. The van der Waals surface area contributed by atoms with Gasteiger partial charge in [-0.1, -0.05) is 29.3 Å². The van der Waals surface area contributed by atoms with Crippen molar-refractivity contribution in [3.63, 3.8) is 0 Å². The molecule has 1 aliphatic heterocycles. The van der Waals surface area contributed by atoms with Gasteiger partial charge in [0.2, 0.25) is 15.9 Å². The fourth-order valence-corrected chi connectivity index (χ4v) is 5.26. The first kappa shape index (κ1) is 22.8. The highest BCUT2D eigenvalue weighted by Gasteiger charge is 2.31. The summed E-state index contributed by atoms with van der Waals surface area (Å²) < 4.78 is 45.3. The molecule has 0 radical (unpaired) electrons. The lowest BCUT2D eigenvalue weighted by molar-refractivity contribution is -0.132. The highest BCUT2D eigenvalue weighted by atomic mass is 35.5. The van der Waals surface area contributed by atoms with Gasteiger partial charge < -0.3 is 9.64 Å². The fraction of sp³-hybridized carbons (Fsp3) is 0.350. The monoisotopic (exact) mass is 474 g/mol. The lowest BCUT2D eigenvalue weighted by Gasteiger charge is -2.34. The third kappa shape index (κ3) is 5.43. The zero-order chi connectivity index (χ0) is 21.7. The number of halogens is 3. The van der Waals surface area contributed by atoms with Crippen LogP contribution in [-0.4, -0.2) is 56.3 Å². The Hall–Kier alpha value is -1.87. The smallest absolute Gasteiger partial charge is 0.244 e. The Kier molecular flexibility index (Phi) is 7.57. The lowest BCUT2D eigenvalue weighted by Crippen LogP contribution is -2.50. The van der Waals surface area contributed by atoms with Crippen LogP contribution in [0.5, 0.6) is 5.75 Å². The van der Waals surface area contributed by atoms with Gasteiger partial charge in [-0.15, -0.1) is 0 Å². The van der Waals surface area contributed by atoms with Crippen LogP contribution in [0.3, 0.4) is 0 Å². The van der Waals surface area contributed by atoms with E-state index in [2.05, 4.69) is 0 Å². The molecule has 0 saturated carbocycles. The van der Waals surface area contributed by atoms with E-state index in [9.17, 15) is 17.6 Å². The second-order valence-corrected chi connectivity index (χ2v) is 9.43. The Balaban J connectivity index is 1.47. The van der Waals surface area contributed by atoms with E-state index in [1.165, 1.54) is 46.8 Å². The zero-order valence-corrected chi connectivity index (χ0v) is 18.4. The summed E-state index contributed by atoms with van der Waals surface area (Å²) >= 11 is 12.0. The summed E-state index contributed by atoms with van der Waals surface area (Å²) in [6.07, 6.45) is 0.793. The van der Waals surface area contributed by atoms with Crippen molar-refractivity contribution in [3.05, 3.63) is 58.3 Å². The number of sulfonamides is 1. The first-order valence-corrected chi connectivity index (χ1v) is 11.6. The van der Waals surface area contributed by atoms with Crippen molar-refractivity contribution in [2.24, 2.45) is 0 Å². The van der Waals surface area contributed by atoms with Gasteiger partial charge in [0.1, 0.15) is 16.5 Å². The normalized spacial score (nSPS) is 15.2. The van der Waals surface area contributed by atoms with Crippen molar-refractivity contribution in [2.75, 3.05) is 32.8 Å². The molecule has 30 heavy (non-hydrogen) atoms. The fourth-order valence-electron chi connectivity index (χ4n) is 3.10. The first-order chi connectivity index (χ1) is 14.3. The molecule has 1 saturated heterocycles. The van der Waals surface area contributed by atoms with Gasteiger partial charge in [0, 0.05) is 32.6 Å². The number of benzene rings is 2. The minimum Gasteiger partial charge on any atom is -0.494 e. The SMILES string of the molecule is O=C(CCCOc1ccc(F)cc1)N1CCN(S(=O)(=O)c2cccc(Cl)c2Cl)CC1. The second-order valence-electron chi connectivity index (χ2n) is 6.74. The Morgan fingerprint density at radius 2 is 1.70 bits per heavy atom. The molecule has 2 aromatic rings.